The molecule has 2 aliphatic heterocycles. The summed E-state index contributed by atoms with van der Waals surface area (Å²) in [6.45, 7) is 7.62. The van der Waals surface area contributed by atoms with E-state index in [1.807, 2.05) is 24.4 Å². The second kappa shape index (κ2) is 12.7. The normalized spacial score (nSPS) is 16.1. The molecule has 0 spiro atoms. The van der Waals surface area contributed by atoms with Gasteiger partial charge in [0.05, 0.1) is 12.1 Å². The van der Waals surface area contributed by atoms with Crippen LogP contribution in [0.2, 0.25) is 0 Å². The van der Waals surface area contributed by atoms with E-state index in [9.17, 15) is 4.79 Å². The Kier molecular flexibility index (Phi) is 8.85. The number of ether oxygens (including phenoxy) is 1. The number of para-hydroxylation sites is 1. The SMILES string of the molecule is CCCCCCCC1=NN2C(=N)/C(=C/c3cn(CCOc4cc(C)cc(CC)c4)c4ccccc34)C(=O)N=C2S1. The van der Waals surface area contributed by atoms with Gasteiger partial charge in [-0.25, -0.2) is 0 Å². The van der Waals surface area contributed by atoms with Crippen LogP contribution in [0.3, 0.4) is 0 Å². The van der Waals surface area contributed by atoms with E-state index in [0.717, 1.165) is 46.5 Å². The van der Waals surface area contributed by atoms with E-state index in [-0.39, 0.29) is 11.4 Å². The van der Waals surface area contributed by atoms with Crippen LogP contribution < -0.4 is 4.74 Å². The van der Waals surface area contributed by atoms with Crippen molar-refractivity contribution in [2.24, 2.45) is 10.1 Å². The van der Waals surface area contributed by atoms with Crippen LogP contribution in [-0.4, -0.2) is 38.1 Å². The van der Waals surface area contributed by atoms with E-state index in [2.05, 4.69) is 59.7 Å². The molecule has 5 rings (SSSR count). The summed E-state index contributed by atoms with van der Waals surface area (Å²) in [5.74, 6) is 0.569. The Balaban J connectivity index is 1.32. The average molecular weight is 556 g/mol. The minimum absolute atomic E-state index is 0.0785. The van der Waals surface area contributed by atoms with Gasteiger partial charge in [-0.15, -0.1) is 0 Å². The third kappa shape index (κ3) is 6.22. The number of nitrogens with one attached hydrogen (secondary N) is 1. The molecule has 208 valence electrons. The molecule has 2 aliphatic rings. The molecule has 0 saturated carbocycles. The number of carbonyl (C=O) groups is 1. The van der Waals surface area contributed by atoms with Gasteiger partial charge < -0.3 is 9.30 Å². The van der Waals surface area contributed by atoms with E-state index in [1.54, 1.807) is 6.08 Å². The van der Waals surface area contributed by atoms with Crippen molar-refractivity contribution >= 4 is 50.7 Å². The van der Waals surface area contributed by atoms with Gasteiger partial charge in [0.15, 0.2) is 5.84 Å². The molecule has 1 N–H and O–H groups in total. The number of hydrazone groups is 1. The highest BCUT2D eigenvalue weighted by atomic mass is 32.2. The van der Waals surface area contributed by atoms with Gasteiger partial charge in [-0.2, -0.15) is 15.1 Å². The molecule has 0 atom stereocenters. The number of amidine groups is 2. The van der Waals surface area contributed by atoms with Crippen LogP contribution in [-0.2, 0) is 17.8 Å². The summed E-state index contributed by atoms with van der Waals surface area (Å²) in [6.07, 6.45) is 11.6. The number of thioether (sulfide) groups is 1. The molecule has 0 unspecified atom stereocenters. The zero-order valence-corrected chi connectivity index (χ0v) is 24.4. The second-order valence-electron chi connectivity index (χ2n) is 10.3. The molecular formula is C32H37N5O2S. The van der Waals surface area contributed by atoms with Crippen molar-refractivity contribution in [3.8, 4) is 5.75 Å². The minimum Gasteiger partial charge on any atom is -0.492 e. The van der Waals surface area contributed by atoms with E-state index >= 15 is 0 Å². The van der Waals surface area contributed by atoms with Crippen molar-refractivity contribution in [2.45, 2.75) is 72.3 Å². The average Bonchev–Trinajstić information content (AvgIpc) is 3.52. The minimum atomic E-state index is -0.394. The van der Waals surface area contributed by atoms with Crippen LogP contribution in [0.25, 0.3) is 17.0 Å². The van der Waals surface area contributed by atoms with Gasteiger partial charge in [0.2, 0.25) is 5.17 Å². The number of benzene rings is 2. The lowest BCUT2D eigenvalue weighted by Crippen LogP contribution is -2.35. The Hall–Kier alpha value is -3.65. The van der Waals surface area contributed by atoms with Crippen molar-refractivity contribution < 1.29 is 9.53 Å². The first-order valence-corrected chi connectivity index (χ1v) is 15.1. The number of rotatable bonds is 12. The number of unbranched alkanes of at least 4 members (excludes halogenated alkanes) is 4. The van der Waals surface area contributed by atoms with Crippen LogP contribution in [0.1, 0.15) is 69.1 Å². The van der Waals surface area contributed by atoms with Crippen LogP contribution in [0, 0.1) is 12.3 Å². The van der Waals surface area contributed by atoms with Crippen molar-refractivity contribution in [1.82, 2.24) is 9.58 Å². The van der Waals surface area contributed by atoms with Gasteiger partial charge in [-0.05, 0) is 73.4 Å². The molecule has 3 aromatic rings. The monoisotopic (exact) mass is 555 g/mol. The van der Waals surface area contributed by atoms with Gasteiger partial charge >= 0.3 is 0 Å². The van der Waals surface area contributed by atoms with Gasteiger partial charge in [-0.3, -0.25) is 10.2 Å². The number of aliphatic imine (C=N–C) groups is 1. The van der Waals surface area contributed by atoms with Crippen molar-refractivity contribution in [1.29, 1.82) is 5.41 Å². The highest BCUT2D eigenvalue weighted by Crippen LogP contribution is 2.31. The lowest BCUT2D eigenvalue weighted by molar-refractivity contribution is -0.114. The number of hydrogen-bond donors (Lipinski definition) is 1. The zero-order chi connectivity index (χ0) is 28.1. The molecule has 0 saturated heterocycles. The predicted molar refractivity (Wildman–Crippen MR) is 166 cm³/mol. The van der Waals surface area contributed by atoms with Gasteiger partial charge in [0, 0.05) is 22.7 Å². The maximum absolute atomic E-state index is 13.0. The standard InChI is InChI=1S/C32H37N5O2S/c1-4-6-7-8-9-14-29-35-37-30(33)27(31(38)34-32(37)40-29)20-24-21-36(28-13-11-10-12-26(24)28)15-16-39-25-18-22(3)17-23(5-2)19-25/h10-13,17-21,33H,4-9,14-16H2,1-3H3/b27-20-,33-30?. The Morgan fingerprint density at radius 1 is 1.07 bits per heavy atom. The van der Waals surface area contributed by atoms with Crippen molar-refractivity contribution in [2.75, 3.05) is 6.61 Å². The van der Waals surface area contributed by atoms with E-state index in [1.165, 1.54) is 53.6 Å². The first-order valence-electron chi connectivity index (χ1n) is 14.3. The molecule has 7 nitrogen and oxygen atoms in total. The summed E-state index contributed by atoms with van der Waals surface area (Å²) in [5, 5.41) is 17.4. The predicted octanol–water partition coefficient (Wildman–Crippen LogP) is 7.57. The van der Waals surface area contributed by atoms with E-state index in [4.69, 9.17) is 10.1 Å². The second-order valence-corrected chi connectivity index (χ2v) is 11.4. The third-order valence-corrected chi connectivity index (χ3v) is 8.20. The number of aromatic nitrogens is 1. The zero-order valence-electron chi connectivity index (χ0n) is 23.6. The summed E-state index contributed by atoms with van der Waals surface area (Å²) in [6, 6.07) is 14.5. The molecule has 0 bridgehead atoms. The number of aryl methyl sites for hydroxylation is 2. The topological polar surface area (TPSA) is 83.0 Å². The summed E-state index contributed by atoms with van der Waals surface area (Å²) in [7, 11) is 0. The fourth-order valence-electron chi connectivity index (χ4n) is 5.12. The highest BCUT2D eigenvalue weighted by Gasteiger charge is 2.35. The summed E-state index contributed by atoms with van der Waals surface area (Å²) >= 11 is 1.41. The molecule has 0 aliphatic carbocycles. The number of carbonyl (C=O) groups excluding carboxylic acids is 1. The maximum atomic E-state index is 13.0. The molecule has 1 aromatic heterocycles. The lowest BCUT2D eigenvalue weighted by Gasteiger charge is -2.20. The summed E-state index contributed by atoms with van der Waals surface area (Å²) in [4.78, 5) is 17.3. The first-order chi connectivity index (χ1) is 19.5. The number of fused-ring (bicyclic) bond motifs is 2. The molecule has 40 heavy (non-hydrogen) atoms. The lowest BCUT2D eigenvalue weighted by atomic mass is 10.1. The van der Waals surface area contributed by atoms with E-state index in [0.29, 0.717) is 18.3 Å². The van der Waals surface area contributed by atoms with Gasteiger partial charge in [0.25, 0.3) is 5.91 Å². The van der Waals surface area contributed by atoms with Crippen LogP contribution in [0.15, 0.2) is 64.3 Å². The number of amides is 1. The Bertz CT molecular complexity index is 1520. The van der Waals surface area contributed by atoms with Crippen LogP contribution >= 0.6 is 11.8 Å². The molecule has 1 amide bonds. The van der Waals surface area contributed by atoms with Crippen LogP contribution in [0.5, 0.6) is 5.75 Å². The third-order valence-electron chi connectivity index (χ3n) is 7.23. The van der Waals surface area contributed by atoms with Crippen molar-refractivity contribution in [3.63, 3.8) is 0 Å². The summed E-state index contributed by atoms with van der Waals surface area (Å²) in [5.41, 5.74) is 4.64. The molecule has 8 heteroatoms. The van der Waals surface area contributed by atoms with E-state index < -0.39 is 5.91 Å². The largest absolute Gasteiger partial charge is 0.492 e. The Morgan fingerprint density at radius 3 is 2.73 bits per heavy atom. The van der Waals surface area contributed by atoms with Gasteiger partial charge in [0.1, 0.15) is 17.4 Å². The number of hydrogen-bond acceptors (Lipinski definition) is 5. The molecule has 3 heterocycles. The smallest absolute Gasteiger partial charge is 0.283 e. The highest BCUT2D eigenvalue weighted by molar-refractivity contribution is 8.26. The van der Waals surface area contributed by atoms with Crippen molar-refractivity contribution in [3.05, 3.63) is 70.9 Å². The van der Waals surface area contributed by atoms with Crippen LogP contribution in [0.4, 0.5) is 0 Å². The fraction of sp³-hybridized carbons (Fsp3) is 0.375. The number of nitrogens with zero attached hydrogens (tertiary/aromatic N) is 4. The fourth-order valence-corrected chi connectivity index (χ4v) is 6.04. The van der Waals surface area contributed by atoms with Gasteiger partial charge in [-0.1, -0.05) is 63.8 Å². The molecular weight excluding hydrogens is 518 g/mol. The Labute approximate surface area is 240 Å². The quantitative estimate of drug-likeness (QED) is 0.185. The molecule has 0 fully saturated rings. The molecule has 2 aromatic carbocycles. The first kappa shape index (κ1) is 27.9. The summed E-state index contributed by atoms with van der Waals surface area (Å²) < 4.78 is 8.26. The molecule has 0 radical (unpaired) electrons. The maximum Gasteiger partial charge on any atom is 0.283 e. The Morgan fingerprint density at radius 2 is 1.90 bits per heavy atom.